The van der Waals surface area contributed by atoms with Crippen LogP contribution < -0.4 is 0 Å². The Bertz CT molecular complexity index is 881. The van der Waals surface area contributed by atoms with Crippen LogP contribution in [-0.2, 0) is 26.4 Å². The van der Waals surface area contributed by atoms with E-state index in [0.29, 0.717) is 13.1 Å². The fraction of sp³-hybridized carbons (Fsp3) is 0.318. The summed E-state index contributed by atoms with van der Waals surface area (Å²) in [4.78, 5) is 22.4. The molecular weight excluding hydrogens is 370 g/mol. The Hall–Kier alpha value is -3.03. The van der Waals surface area contributed by atoms with Gasteiger partial charge in [0.2, 0.25) is 0 Å². The fourth-order valence-corrected chi connectivity index (χ4v) is 3.45. The molecule has 2 atom stereocenters. The molecule has 0 radical (unpaired) electrons. The van der Waals surface area contributed by atoms with Gasteiger partial charge in [0.15, 0.2) is 11.8 Å². The van der Waals surface area contributed by atoms with Crippen LogP contribution in [0, 0.1) is 0 Å². The minimum atomic E-state index is -0.827. The standard InChI is InChI=1S/C22H23N3O4/c1-27-22(18-8-12-23-13-9-18)10-5-11-24-20(22)29-19-14-25(15-19)21(26)28-16-17-6-3-2-4-7-17/h2-13,19-20H,14-16H2,1H3. The van der Waals surface area contributed by atoms with E-state index >= 15 is 0 Å². The normalized spacial score (nSPS) is 23.6. The van der Waals surface area contributed by atoms with Crippen molar-refractivity contribution in [1.82, 2.24) is 9.88 Å². The minimum Gasteiger partial charge on any atom is -0.445 e. The molecule has 1 amide bonds. The quantitative estimate of drug-likeness (QED) is 0.755. The summed E-state index contributed by atoms with van der Waals surface area (Å²) < 4.78 is 17.4. The molecule has 2 aromatic rings. The van der Waals surface area contributed by atoms with Crippen LogP contribution in [0.1, 0.15) is 11.1 Å². The van der Waals surface area contributed by atoms with E-state index in [4.69, 9.17) is 14.2 Å². The number of rotatable bonds is 6. The number of benzene rings is 1. The van der Waals surface area contributed by atoms with E-state index in [0.717, 1.165) is 11.1 Å². The maximum Gasteiger partial charge on any atom is 0.410 e. The van der Waals surface area contributed by atoms with Crippen LogP contribution in [0.3, 0.4) is 0 Å². The second kappa shape index (κ2) is 8.55. The van der Waals surface area contributed by atoms with Crippen LogP contribution in [-0.4, -0.2) is 54.7 Å². The second-order valence-corrected chi connectivity index (χ2v) is 6.95. The first kappa shape index (κ1) is 19.3. The van der Waals surface area contributed by atoms with Crippen molar-refractivity contribution < 1.29 is 19.0 Å². The number of nitrogens with zero attached hydrogens (tertiary/aromatic N) is 3. The molecule has 7 heteroatoms. The predicted molar refractivity (Wildman–Crippen MR) is 107 cm³/mol. The van der Waals surface area contributed by atoms with Gasteiger partial charge in [-0.05, 0) is 35.4 Å². The second-order valence-electron chi connectivity index (χ2n) is 6.95. The lowest BCUT2D eigenvalue weighted by Gasteiger charge is -2.43. The third kappa shape index (κ3) is 4.06. The van der Waals surface area contributed by atoms with Gasteiger partial charge in [0.1, 0.15) is 6.61 Å². The highest BCUT2D eigenvalue weighted by molar-refractivity contribution is 5.73. The Morgan fingerprint density at radius 1 is 1.17 bits per heavy atom. The molecule has 0 bridgehead atoms. The molecule has 150 valence electrons. The Morgan fingerprint density at radius 2 is 1.93 bits per heavy atom. The molecule has 4 rings (SSSR count). The number of likely N-dealkylation sites (tertiary alicyclic amines) is 1. The van der Waals surface area contributed by atoms with Gasteiger partial charge in [0.25, 0.3) is 0 Å². The lowest BCUT2D eigenvalue weighted by atomic mass is 9.90. The number of aromatic nitrogens is 1. The molecule has 0 N–H and O–H groups in total. The van der Waals surface area contributed by atoms with E-state index in [2.05, 4.69) is 9.98 Å². The monoisotopic (exact) mass is 393 g/mol. The van der Waals surface area contributed by atoms with E-state index in [1.165, 1.54) is 0 Å². The maximum atomic E-state index is 12.2. The predicted octanol–water partition coefficient (Wildman–Crippen LogP) is 2.93. The summed E-state index contributed by atoms with van der Waals surface area (Å²) >= 11 is 0. The number of dihydropyridines is 1. The highest BCUT2D eigenvalue weighted by Gasteiger charge is 2.44. The first-order chi connectivity index (χ1) is 14.2. The number of hydrogen-bond acceptors (Lipinski definition) is 6. The molecule has 2 aliphatic heterocycles. The summed E-state index contributed by atoms with van der Waals surface area (Å²) in [5.74, 6) is 0. The zero-order chi connectivity index (χ0) is 20.1. The third-order valence-electron chi connectivity index (χ3n) is 5.12. The first-order valence-electron chi connectivity index (χ1n) is 9.49. The summed E-state index contributed by atoms with van der Waals surface area (Å²) in [6.45, 7) is 1.17. The van der Waals surface area contributed by atoms with Gasteiger partial charge in [-0.25, -0.2) is 4.79 Å². The summed E-state index contributed by atoms with van der Waals surface area (Å²) in [6.07, 6.45) is 7.89. The molecule has 7 nitrogen and oxygen atoms in total. The number of methoxy groups -OCH3 is 1. The lowest BCUT2D eigenvalue weighted by Crippen LogP contribution is -2.57. The van der Waals surface area contributed by atoms with Gasteiger partial charge in [0.05, 0.1) is 19.2 Å². The topological polar surface area (TPSA) is 73.3 Å². The molecule has 2 unspecified atom stereocenters. The highest BCUT2D eigenvalue weighted by atomic mass is 16.6. The van der Waals surface area contributed by atoms with Crippen molar-refractivity contribution in [1.29, 1.82) is 0 Å². The molecule has 1 fully saturated rings. The summed E-state index contributed by atoms with van der Waals surface area (Å²) in [5.41, 5.74) is 1.04. The van der Waals surface area contributed by atoms with Crippen LogP contribution in [0.4, 0.5) is 4.79 Å². The summed E-state index contributed by atoms with van der Waals surface area (Å²) in [6, 6.07) is 13.4. The molecule has 3 heterocycles. The van der Waals surface area contributed by atoms with Crippen LogP contribution >= 0.6 is 0 Å². The molecule has 1 saturated heterocycles. The van der Waals surface area contributed by atoms with E-state index in [1.807, 2.05) is 54.6 Å². The smallest absolute Gasteiger partial charge is 0.410 e. The van der Waals surface area contributed by atoms with E-state index in [9.17, 15) is 4.79 Å². The summed E-state index contributed by atoms with van der Waals surface area (Å²) in [5, 5.41) is 0. The molecule has 29 heavy (non-hydrogen) atoms. The van der Waals surface area contributed by atoms with Crippen molar-refractivity contribution in [2.45, 2.75) is 24.5 Å². The zero-order valence-electron chi connectivity index (χ0n) is 16.2. The Balaban J connectivity index is 1.33. The molecule has 1 aromatic carbocycles. The van der Waals surface area contributed by atoms with Crippen molar-refractivity contribution in [2.75, 3.05) is 20.2 Å². The number of carbonyl (C=O) groups is 1. The van der Waals surface area contributed by atoms with Crippen LogP contribution in [0.5, 0.6) is 0 Å². The van der Waals surface area contributed by atoms with Crippen LogP contribution in [0.2, 0.25) is 0 Å². The lowest BCUT2D eigenvalue weighted by molar-refractivity contribution is -0.157. The van der Waals surface area contributed by atoms with Crippen LogP contribution in [0.15, 0.2) is 72.0 Å². The van der Waals surface area contributed by atoms with Crippen molar-refractivity contribution in [2.24, 2.45) is 4.99 Å². The number of amides is 1. The Labute approximate surface area is 169 Å². The van der Waals surface area contributed by atoms with E-state index < -0.39 is 11.8 Å². The fourth-order valence-electron chi connectivity index (χ4n) is 3.45. The first-order valence-corrected chi connectivity index (χ1v) is 9.49. The zero-order valence-corrected chi connectivity index (χ0v) is 16.2. The third-order valence-corrected chi connectivity index (χ3v) is 5.12. The number of hydrogen-bond donors (Lipinski definition) is 0. The molecule has 0 aliphatic carbocycles. The van der Waals surface area contributed by atoms with E-state index in [1.54, 1.807) is 30.6 Å². The van der Waals surface area contributed by atoms with Gasteiger partial charge < -0.3 is 19.1 Å². The number of aliphatic imine (C=N–C) groups is 1. The highest BCUT2D eigenvalue weighted by Crippen LogP contribution is 2.36. The molecular formula is C22H23N3O4. The average Bonchev–Trinajstić information content (AvgIpc) is 2.76. The van der Waals surface area contributed by atoms with Crippen molar-refractivity contribution in [3.05, 3.63) is 78.1 Å². The molecule has 0 saturated carbocycles. The molecule has 1 aromatic heterocycles. The SMILES string of the molecule is COC1(c2ccncc2)C=CC=NC1OC1CN(C(=O)OCc2ccccc2)C1. The largest absolute Gasteiger partial charge is 0.445 e. The van der Waals surface area contributed by atoms with Crippen molar-refractivity contribution >= 4 is 12.3 Å². The van der Waals surface area contributed by atoms with Crippen LogP contribution in [0.25, 0.3) is 0 Å². The number of ether oxygens (including phenoxy) is 3. The van der Waals surface area contributed by atoms with E-state index in [-0.39, 0.29) is 18.8 Å². The summed E-state index contributed by atoms with van der Waals surface area (Å²) in [7, 11) is 1.63. The average molecular weight is 393 g/mol. The molecule has 0 spiro atoms. The Morgan fingerprint density at radius 3 is 2.66 bits per heavy atom. The number of carbonyl (C=O) groups excluding carboxylic acids is 1. The van der Waals surface area contributed by atoms with Crippen molar-refractivity contribution in [3.8, 4) is 0 Å². The van der Waals surface area contributed by atoms with Gasteiger partial charge in [-0.1, -0.05) is 30.3 Å². The van der Waals surface area contributed by atoms with Gasteiger partial charge in [-0.2, -0.15) is 0 Å². The molecule has 2 aliphatic rings. The van der Waals surface area contributed by atoms with Crippen molar-refractivity contribution in [3.63, 3.8) is 0 Å². The van der Waals surface area contributed by atoms with Gasteiger partial charge in [-0.15, -0.1) is 0 Å². The Kier molecular flexibility index (Phi) is 5.69. The van der Waals surface area contributed by atoms with Gasteiger partial charge in [0, 0.05) is 25.7 Å². The maximum absolute atomic E-state index is 12.2. The minimum absolute atomic E-state index is 0.135. The van der Waals surface area contributed by atoms with Gasteiger partial charge >= 0.3 is 6.09 Å². The van der Waals surface area contributed by atoms with Gasteiger partial charge in [-0.3, -0.25) is 9.98 Å². The number of allylic oxidation sites excluding steroid dienone is 1. The number of pyridine rings is 1.